The molecule has 3 aromatic carbocycles. The second-order valence-electron chi connectivity index (χ2n) is 7.28. The summed E-state index contributed by atoms with van der Waals surface area (Å²) in [6, 6.07) is 18.7. The molecule has 4 rings (SSSR count). The zero-order chi connectivity index (χ0) is 22.8. The van der Waals surface area contributed by atoms with Crippen molar-refractivity contribution in [3.63, 3.8) is 0 Å². The van der Waals surface area contributed by atoms with Crippen molar-refractivity contribution < 1.29 is 20.1 Å². The van der Waals surface area contributed by atoms with E-state index in [1.807, 2.05) is 62.4 Å². The third kappa shape index (κ3) is 3.93. The van der Waals surface area contributed by atoms with Crippen LogP contribution in [0.15, 0.2) is 77.0 Å². The van der Waals surface area contributed by atoms with E-state index in [1.165, 1.54) is 16.8 Å². The van der Waals surface area contributed by atoms with E-state index in [1.54, 1.807) is 0 Å². The highest BCUT2D eigenvalue weighted by Gasteiger charge is 2.20. The van der Waals surface area contributed by atoms with Gasteiger partial charge in [-0.05, 0) is 55.3 Å². The van der Waals surface area contributed by atoms with E-state index in [9.17, 15) is 15.0 Å². The Morgan fingerprint density at radius 1 is 0.906 bits per heavy atom. The predicted molar refractivity (Wildman–Crippen MR) is 119 cm³/mol. The molecule has 3 N–H and O–H groups in total. The highest BCUT2D eigenvalue weighted by atomic mass is 16.4. The molecule has 0 saturated carbocycles. The van der Waals surface area contributed by atoms with E-state index in [0.29, 0.717) is 11.4 Å². The van der Waals surface area contributed by atoms with Crippen LogP contribution in [0, 0.1) is 13.8 Å². The van der Waals surface area contributed by atoms with Crippen LogP contribution in [0.3, 0.4) is 0 Å². The number of aromatic hydroxyl groups is 2. The summed E-state index contributed by atoms with van der Waals surface area (Å²) in [6.45, 7) is 3.97. The van der Waals surface area contributed by atoms with E-state index in [-0.39, 0.29) is 28.6 Å². The Balaban J connectivity index is 1.83. The summed E-state index contributed by atoms with van der Waals surface area (Å²) in [5.74, 6) is -1.71. The molecule has 0 aliphatic carbocycles. The van der Waals surface area contributed by atoms with E-state index >= 15 is 0 Å². The molecule has 0 amide bonds. The number of phenolic OH excluding ortho intramolecular Hbond substituents is 1. The van der Waals surface area contributed by atoms with Crippen LogP contribution >= 0.6 is 0 Å². The molecular formula is C24H20N4O4. The number of carboxylic acids is 1. The molecule has 0 radical (unpaired) electrons. The van der Waals surface area contributed by atoms with Crippen molar-refractivity contribution in [2.24, 2.45) is 10.2 Å². The molecule has 1 aromatic heterocycles. The molecule has 0 saturated heterocycles. The summed E-state index contributed by atoms with van der Waals surface area (Å²) in [4.78, 5) is 11.1. The zero-order valence-electron chi connectivity index (χ0n) is 17.4. The third-order valence-electron chi connectivity index (χ3n) is 5.10. The number of phenols is 1. The molecule has 0 fully saturated rings. The monoisotopic (exact) mass is 428 g/mol. The molecule has 0 aliphatic heterocycles. The molecular weight excluding hydrogens is 408 g/mol. The van der Waals surface area contributed by atoms with Crippen molar-refractivity contribution in [3.8, 4) is 28.6 Å². The number of hydrogen-bond acceptors (Lipinski definition) is 6. The number of aryl methyl sites for hydroxylation is 2. The number of hydrogen-bond donors (Lipinski definition) is 3. The van der Waals surface area contributed by atoms with Crippen LogP contribution in [0.4, 0.5) is 11.4 Å². The van der Waals surface area contributed by atoms with Gasteiger partial charge in [0.1, 0.15) is 17.1 Å². The second-order valence-corrected chi connectivity index (χ2v) is 7.28. The van der Waals surface area contributed by atoms with Gasteiger partial charge in [-0.2, -0.15) is 9.78 Å². The fourth-order valence-electron chi connectivity index (χ4n) is 3.17. The van der Waals surface area contributed by atoms with Crippen molar-refractivity contribution in [3.05, 3.63) is 83.4 Å². The average molecular weight is 428 g/mol. The highest BCUT2D eigenvalue weighted by molar-refractivity contribution is 5.88. The first kappa shape index (κ1) is 20.8. The summed E-state index contributed by atoms with van der Waals surface area (Å²) in [5, 5.41) is 42.9. The van der Waals surface area contributed by atoms with Gasteiger partial charge in [-0.1, -0.05) is 36.4 Å². The summed E-state index contributed by atoms with van der Waals surface area (Å²) in [6.07, 6.45) is 0. The molecule has 160 valence electrons. The van der Waals surface area contributed by atoms with Gasteiger partial charge in [-0.25, -0.2) is 4.79 Å². The average Bonchev–Trinajstić information content (AvgIpc) is 3.11. The first-order valence-electron chi connectivity index (χ1n) is 9.78. The summed E-state index contributed by atoms with van der Waals surface area (Å²) in [7, 11) is 0. The lowest BCUT2D eigenvalue weighted by Gasteiger charge is -2.06. The van der Waals surface area contributed by atoms with E-state index in [2.05, 4.69) is 15.3 Å². The smallest absolute Gasteiger partial charge is 0.335 e. The van der Waals surface area contributed by atoms with Crippen molar-refractivity contribution in [2.45, 2.75) is 13.8 Å². The third-order valence-corrected chi connectivity index (χ3v) is 5.10. The molecule has 0 unspecified atom stereocenters. The maximum absolute atomic E-state index is 11.1. The molecule has 0 spiro atoms. The number of nitrogens with zero attached hydrogens (tertiary/aromatic N) is 4. The van der Waals surface area contributed by atoms with Gasteiger partial charge in [0.05, 0.1) is 11.3 Å². The van der Waals surface area contributed by atoms with Gasteiger partial charge < -0.3 is 15.3 Å². The van der Waals surface area contributed by atoms with Crippen LogP contribution in [0.25, 0.3) is 16.9 Å². The lowest BCUT2D eigenvalue weighted by Crippen LogP contribution is -1.97. The zero-order valence-corrected chi connectivity index (χ0v) is 17.4. The Hall–Kier alpha value is -4.46. The van der Waals surface area contributed by atoms with Crippen LogP contribution in [0.1, 0.15) is 21.5 Å². The number of aromatic nitrogens is 2. The van der Waals surface area contributed by atoms with Crippen LogP contribution in [-0.4, -0.2) is 31.1 Å². The van der Waals surface area contributed by atoms with Crippen molar-refractivity contribution in [1.82, 2.24) is 9.78 Å². The quantitative estimate of drug-likeness (QED) is 0.353. The second kappa shape index (κ2) is 8.35. The largest absolute Gasteiger partial charge is 0.506 e. The molecule has 8 heteroatoms. The van der Waals surface area contributed by atoms with Gasteiger partial charge in [-0.3, -0.25) is 0 Å². The number of benzene rings is 3. The van der Waals surface area contributed by atoms with E-state index in [4.69, 9.17) is 5.11 Å². The van der Waals surface area contributed by atoms with Crippen LogP contribution in [0.5, 0.6) is 11.6 Å². The van der Waals surface area contributed by atoms with Crippen molar-refractivity contribution in [2.75, 3.05) is 0 Å². The molecule has 0 atom stereocenters. The fraction of sp³-hybridized carbons (Fsp3) is 0.0833. The standard InChI is InChI=1S/C24H20N4O4/c1-14-8-10-18(12-15(14)2)28-23(30)22(21(27-28)16-6-4-3-5-7-16)26-25-19-11-9-17(24(31)32)13-20(19)29/h3-13,29-30H,1-2H3,(H,31,32). The maximum atomic E-state index is 11.1. The molecule has 0 aliphatic rings. The minimum absolute atomic E-state index is 0.0624. The van der Waals surface area contributed by atoms with Gasteiger partial charge in [0.2, 0.25) is 5.88 Å². The van der Waals surface area contributed by atoms with E-state index in [0.717, 1.165) is 22.8 Å². The van der Waals surface area contributed by atoms with E-state index < -0.39 is 5.97 Å². The van der Waals surface area contributed by atoms with Crippen LogP contribution in [0.2, 0.25) is 0 Å². The lowest BCUT2D eigenvalue weighted by molar-refractivity contribution is 0.0696. The fourth-order valence-corrected chi connectivity index (χ4v) is 3.17. The Morgan fingerprint density at radius 3 is 2.31 bits per heavy atom. The Labute approximate surface area is 183 Å². The van der Waals surface area contributed by atoms with Gasteiger partial charge in [0.25, 0.3) is 0 Å². The van der Waals surface area contributed by atoms with Gasteiger partial charge in [0, 0.05) is 5.56 Å². The summed E-state index contributed by atoms with van der Waals surface area (Å²) < 4.78 is 1.39. The SMILES string of the molecule is Cc1ccc(-n2nc(-c3ccccc3)c(N=Nc3ccc(C(=O)O)cc3O)c2O)cc1C. The summed E-state index contributed by atoms with van der Waals surface area (Å²) >= 11 is 0. The maximum Gasteiger partial charge on any atom is 0.335 e. The number of rotatable bonds is 5. The van der Waals surface area contributed by atoms with Crippen molar-refractivity contribution in [1.29, 1.82) is 0 Å². The highest BCUT2D eigenvalue weighted by Crippen LogP contribution is 2.40. The molecule has 1 heterocycles. The number of azo groups is 1. The molecule has 4 aromatic rings. The van der Waals surface area contributed by atoms with Crippen LogP contribution in [-0.2, 0) is 0 Å². The Bertz CT molecular complexity index is 1340. The van der Waals surface area contributed by atoms with Crippen LogP contribution < -0.4 is 0 Å². The first-order chi connectivity index (χ1) is 15.3. The molecule has 0 bridgehead atoms. The topological polar surface area (TPSA) is 120 Å². The van der Waals surface area contributed by atoms with Gasteiger partial charge >= 0.3 is 5.97 Å². The predicted octanol–water partition coefficient (Wildman–Crippen LogP) is 5.68. The summed E-state index contributed by atoms with van der Waals surface area (Å²) in [5.41, 5.74) is 4.07. The lowest BCUT2D eigenvalue weighted by atomic mass is 10.1. The van der Waals surface area contributed by atoms with Crippen molar-refractivity contribution >= 4 is 17.3 Å². The number of carbonyl (C=O) groups is 1. The van der Waals surface area contributed by atoms with Gasteiger partial charge in [0.15, 0.2) is 5.69 Å². The number of carboxylic acid groups (broad SMARTS) is 1. The normalized spacial score (nSPS) is 11.2. The minimum atomic E-state index is -1.16. The number of aromatic carboxylic acids is 1. The molecule has 8 nitrogen and oxygen atoms in total. The Morgan fingerprint density at radius 2 is 1.66 bits per heavy atom. The minimum Gasteiger partial charge on any atom is -0.506 e. The van der Waals surface area contributed by atoms with Gasteiger partial charge in [-0.15, -0.1) is 10.2 Å². The Kier molecular flexibility index (Phi) is 5.43. The molecule has 32 heavy (non-hydrogen) atoms. The first-order valence-corrected chi connectivity index (χ1v) is 9.78.